The van der Waals surface area contributed by atoms with Crippen LogP contribution in [0.4, 0.5) is 0 Å². The Balaban J connectivity index is 3.11. The fourth-order valence-electron chi connectivity index (χ4n) is 2.90. The molecule has 0 aliphatic heterocycles. The standard InChI is InChI=1S/C19H40O3/c1-2-3-4-5-6-7-8-9-10-11-12-13-14-15-18(21)16-19(22)17-20/h18-22H,2-17H2,1H3/t18-,19-/m0/s1. The maximum absolute atomic E-state index is 9.66. The average molecular weight is 317 g/mol. The Labute approximate surface area is 138 Å². The molecule has 0 aromatic carbocycles. The highest BCUT2D eigenvalue weighted by atomic mass is 16.3. The molecule has 0 unspecified atom stereocenters. The Morgan fingerprint density at radius 3 is 1.41 bits per heavy atom. The predicted molar refractivity (Wildman–Crippen MR) is 94.0 cm³/mol. The molecular weight excluding hydrogens is 276 g/mol. The number of unbranched alkanes of at least 4 members (excludes halogenated alkanes) is 12. The van der Waals surface area contributed by atoms with Crippen molar-refractivity contribution in [2.75, 3.05) is 6.61 Å². The van der Waals surface area contributed by atoms with E-state index in [2.05, 4.69) is 6.92 Å². The van der Waals surface area contributed by atoms with Crippen molar-refractivity contribution in [1.82, 2.24) is 0 Å². The molecule has 0 heterocycles. The minimum atomic E-state index is -0.767. The summed E-state index contributed by atoms with van der Waals surface area (Å²) in [4.78, 5) is 0. The van der Waals surface area contributed by atoms with Gasteiger partial charge in [0, 0.05) is 6.42 Å². The third-order valence-electron chi connectivity index (χ3n) is 4.40. The zero-order valence-corrected chi connectivity index (χ0v) is 14.8. The fraction of sp³-hybridized carbons (Fsp3) is 1.00. The third-order valence-corrected chi connectivity index (χ3v) is 4.40. The van der Waals surface area contributed by atoms with E-state index in [-0.39, 0.29) is 6.61 Å². The lowest BCUT2D eigenvalue weighted by molar-refractivity contribution is 0.0380. The van der Waals surface area contributed by atoms with Crippen molar-refractivity contribution >= 4 is 0 Å². The zero-order chi connectivity index (χ0) is 16.5. The highest BCUT2D eigenvalue weighted by Crippen LogP contribution is 2.14. The summed E-state index contributed by atoms with van der Waals surface area (Å²) in [5, 5.41) is 27.6. The quantitative estimate of drug-likeness (QED) is 0.344. The SMILES string of the molecule is CCCCCCCCCCCCCCC[C@H](O)C[C@H](O)CO. The molecule has 0 radical (unpaired) electrons. The second kappa shape index (κ2) is 17.2. The van der Waals surface area contributed by atoms with E-state index in [1.54, 1.807) is 0 Å². The fourth-order valence-corrected chi connectivity index (χ4v) is 2.90. The van der Waals surface area contributed by atoms with E-state index < -0.39 is 12.2 Å². The zero-order valence-electron chi connectivity index (χ0n) is 14.8. The van der Waals surface area contributed by atoms with Gasteiger partial charge in [-0.2, -0.15) is 0 Å². The van der Waals surface area contributed by atoms with Gasteiger partial charge in [-0.1, -0.05) is 90.4 Å². The number of aliphatic hydroxyl groups excluding tert-OH is 3. The van der Waals surface area contributed by atoms with Gasteiger partial charge in [0.2, 0.25) is 0 Å². The van der Waals surface area contributed by atoms with Crippen LogP contribution in [0.25, 0.3) is 0 Å². The first-order chi connectivity index (χ1) is 10.7. The summed E-state index contributed by atoms with van der Waals surface area (Å²) >= 11 is 0. The van der Waals surface area contributed by atoms with E-state index in [9.17, 15) is 10.2 Å². The first-order valence-corrected chi connectivity index (χ1v) is 9.67. The minimum absolute atomic E-state index is 0.254. The number of hydrogen-bond donors (Lipinski definition) is 3. The second-order valence-corrected chi connectivity index (χ2v) is 6.76. The van der Waals surface area contributed by atoms with E-state index in [4.69, 9.17) is 5.11 Å². The first-order valence-electron chi connectivity index (χ1n) is 9.67. The topological polar surface area (TPSA) is 60.7 Å². The highest BCUT2D eigenvalue weighted by molar-refractivity contribution is 4.62. The molecule has 0 rings (SSSR count). The molecule has 0 fully saturated rings. The molecule has 22 heavy (non-hydrogen) atoms. The van der Waals surface area contributed by atoms with Gasteiger partial charge in [-0.15, -0.1) is 0 Å². The molecule has 0 aromatic rings. The van der Waals surface area contributed by atoms with Gasteiger partial charge in [0.05, 0.1) is 18.8 Å². The lowest BCUT2D eigenvalue weighted by Gasteiger charge is -2.13. The van der Waals surface area contributed by atoms with E-state index in [0.717, 1.165) is 12.8 Å². The molecule has 0 saturated carbocycles. The molecule has 2 atom stereocenters. The van der Waals surface area contributed by atoms with Crippen LogP contribution in [0.2, 0.25) is 0 Å². The largest absolute Gasteiger partial charge is 0.394 e. The smallest absolute Gasteiger partial charge is 0.0795 e. The van der Waals surface area contributed by atoms with Crippen molar-refractivity contribution in [2.45, 2.75) is 115 Å². The molecule has 0 spiro atoms. The molecule has 0 saturated heterocycles. The summed E-state index contributed by atoms with van der Waals surface area (Å²) in [5.41, 5.74) is 0. The Bertz CT molecular complexity index is 209. The van der Waals surface area contributed by atoms with Crippen molar-refractivity contribution in [3.05, 3.63) is 0 Å². The van der Waals surface area contributed by atoms with Crippen LogP contribution in [0.5, 0.6) is 0 Å². The summed E-state index contributed by atoms with van der Waals surface area (Å²) in [7, 11) is 0. The van der Waals surface area contributed by atoms with Crippen LogP contribution >= 0.6 is 0 Å². The van der Waals surface area contributed by atoms with Crippen LogP contribution in [0, 0.1) is 0 Å². The lowest BCUT2D eigenvalue weighted by Crippen LogP contribution is -2.20. The van der Waals surface area contributed by atoms with Crippen LogP contribution in [-0.4, -0.2) is 34.1 Å². The minimum Gasteiger partial charge on any atom is -0.394 e. The second-order valence-electron chi connectivity index (χ2n) is 6.76. The molecule has 3 N–H and O–H groups in total. The summed E-state index contributed by atoms with van der Waals surface area (Å²) < 4.78 is 0. The molecule has 0 bridgehead atoms. The Kier molecular flexibility index (Phi) is 17.1. The van der Waals surface area contributed by atoms with Crippen molar-refractivity contribution in [3.8, 4) is 0 Å². The van der Waals surface area contributed by atoms with E-state index in [1.165, 1.54) is 77.0 Å². The van der Waals surface area contributed by atoms with Crippen LogP contribution < -0.4 is 0 Å². The molecule has 3 nitrogen and oxygen atoms in total. The first kappa shape index (κ1) is 21.9. The van der Waals surface area contributed by atoms with Gasteiger partial charge in [-0.3, -0.25) is 0 Å². The number of aliphatic hydroxyl groups is 3. The predicted octanol–water partition coefficient (Wildman–Crippen LogP) is 4.57. The van der Waals surface area contributed by atoms with Crippen molar-refractivity contribution < 1.29 is 15.3 Å². The molecule has 134 valence electrons. The Hall–Kier alpha value is -0.120. The molecule has 0 amide bonds. The molecule has 3 heteroatoms. The Morgan fingerprint density at radius 2 is 1.00 bits per heavy atom. The van der Waals surface area contributed by atoms with E-state index >= 15 is 0 Å². The summed E-state index contributed by atoms with van der Waals surface area (Å²) in [6, 6.07) is 0. The average Bonchev–Trinajstić information content (AvgIpc) is 2.51. The molecule has 0 aromatic heterocycles. The molecule has 0 aliphatic carbocycles. The summed E-state index contributed by atoms with van der Waals surface area (Å²) in [6.07, 6.45) is 17.1. The number of rotatable bonds is 17. The molecule has 0 aliphatic rings. The highest BCUT2D eigenvalue weighted by Gasteiger charge is 2.10. The van der Waals surface area contributed by atoms with Crippen LogP contribution in [-0.2, 0) is 0 Å². The lowest BCUT2D eigenvalue weighted by atomic mass is 10.0. The van der Waals surface area contributed by atoms with Crippen molar-refractivity contribution in [1.29, 1.82) is 0 Å². The van der Waals surface area contributed by atoms with Crippen LogP contribution in [0.15, 0.2) is 0 Å². The molecular formula is C19H40O3. The summed E-state index contributed by atoms with van der Waals surface area (Å²) in [6.45, 7) is 2.01. The van der Waals surface area contributed by atoms with Gasteiger partial charge in [0.15, 0.2) is 0 Å². The number of hydrogen-bond acceptors (Lipinski definition) is 3. The van der Waals surface area contributed by atoms with Crippen molar-refractivity contribution in [3.63, 3.8) is 0 Å². The van der Waals surface area contributed by atoms with Gasteiger partial charge < -0.3 is 15.3 Å². The van der Waals surface area contributed by atoms with Gasteiger partial charge in [-0.25, -0.2) is 0 Å². The Morgan fingerprint density at radius 1 is 0.591 bits per heavy atom. The van der Waals surface area contributed by atoms with Gasteiger partial charge in [-0.05, 0) is 6.42 Å². The van der Waals surface area contributed by atoms with Gasteiger partial charge >= 0.3 is 0 Å². The van der Waals surface area contributed by atoms with E-state index in [1.807, 2.05) is 0 Å². The van der Waals surface area contributed by atoms with E-state index in [0.29, 0.717) is 6.42 Å². The van der Waals surface area contributed by atoms with Gasteiger partial charge in [0.1, 0.15) is 0 Å². The van der Waals surface area contributed by atoms with Crippen molar-refractivity contribution in [2.24, 2.45) is 0 Å². The maximum atomic E-state index is 9.66. The third kappa shape index (κ3) is 16.3. The monoisotopic (exact) mass is 316 g/mol. The van der Waals surface area contributed by atoms with Gasteiger partial charge in [0.25, 0.3) is 0 Å². The van der Waals surface area contributed by atoms with Crippen LogP contribution in [0.1, 0.15) is 103 Å². The normalized spacial score (nSPS) is 14.2. The maximum Gasteiger partial charge on any atom is 0.0795 e. The van der Waals surface area contributed by atoms with Crippen LogP contribution in [0.3, 0.4) is 0 Å². The summed E-state index contributed by atoms with van der Waals surface area (Å²) in [5.74, 6) is 0.